The van der Waals surface area contributed by atoms with Gasteiger partial charge in [-0.15, -0.1) is 6.58 Å². The maximum Gasteiger partial charge on any atom is 0.155 e. The van der Waals surface area contributed by atoms with Crippen LogP contribution in [0, 0.1) is 0 Å². The molecule has 12 heavy (non-hydrogen) atoms. The zero-order chi connectivity index (χ0) is 8.97. The summed E-state index contributed by atoms with van der Waals surface area (Å²) in [6, 6.07) is 0. The summed E-state index contributed by atoms with van der Waals surface area (Å²) in [5, 5.41) is 9.21. The third-order valence-corrected chi connectivity index (χ3v) is 2.15. The van der Waals surface area contributed by atoms with Gasteiger partial charge in [-0.2, -0.15) is 0 Å². The van der Waals surface area contributed by atoms with Crippen molar-refractivity contribution in [1.29, 1.82) is 0 Å². The molecule has 0 aromatic rings. The summed E-state index contributed by atoms with van der Waals surface area (Å²) in [7, 11) is 1.67. The summed E-state index contributed by atoms with van der Waals surface area (Å²) in [6.45, 7) is 3.63. The molecule has 1 saturated heterocycles. The van der Waals surface area contributed by atoms with Crippen molar-refractivity contribution in [2.75, 3.05) is 7.11 Å². The quantitative estimate of drug-likeness (QED) is 0.647. The summed E-state index contributed by atoms with van der Waals surface area (Å²) in [5.41, 5.74) is 0. The predicted octanol–water partition coefficient (Wildman–Crippen LogP) is 1.07. The molecule has 1 N–H and O–H groups in total. The fourth-order valence-electron chi connectivity index (χ4n) is 1.49. The maximum absolute atomic E-state index is 9.21. The zero-order valence-electron chi connectivity index (χ0n) is 7.40. The molecule has 1 rings (SSSR count). The molecule has 0 saturated carbocycles. The van der Waals surface area contributed by atoms with Gasteiger partial charge in [0.2, 0.25) is 0 Å². The van der Waals surface area contributed by atoms with Gasteiger partial charge in [-0.25, -0.2) is 0 Å². The molecule has 0 aromatic heterocycles. The van der Waals surface area contributed by atoms with Gasteiger partial charge in [0.25, 0.3) is 0 Å². The first-order chi connectivity index (χ1) is 5.77. The van der Waals surface area contributed by atoms with E-state index in [1.165, 1.54) is 0 Å². The van der Waals surface area contributed by atoms with Gasteiger partial charge in [0, 0.05) is 13.5 Å². The van der Waals surface area contributed by atoms with Crippen LogP contribution in [-0.2, 0) is 9.47 Å². The lowest BCUT2D eigenvalue weighted by atomic mass is 10.0. The second kappa shape index (κ2) is 4.60. The van der Waals surface area contributed by atoms with Gasteiger partial charge in [-0.3, -0.25) is 0 Å². The van der Waals surface area contributed by atoms with Gasteiger partial charge in [-0.1, -0.05) is 6.08 Å². The molecular weight excluding hydrogens is 156 g/mol. The van der Waals surface area contributed by atoms with Crippen molar-refractivity contribution in [1.82, 2.24) is 0 Å². The second-order valence-corrected chi connectivity index (χ2v) is 3.01. The van der Waals surface area contributed by atoms with Crippen LogP contribution in [0.25, 0.3) is 0 Å². The molecule has 1 aliphatic heterocycles. The van der Waals surface area contributed by atoms with Crippen molar-refractivity contribution in [3.05, 3.63) is 12.7 Å². The Morgan fingerprint density at radius 3 is 3.00 bits per heavy atom. The van der Waals surface area contributed by atoms with Crippen molar-refractivity contribution < 1.29 is 14.6 Å². The summed E-state index contributed by atoms with van der Waals surface area (Å²) in [5.74, 6) is 0. The average molecular weight is 172 g/mol. The fraction of sp³-hybridized carbons (Fsp3) is 0.778. The van der Waals surface area contributed by atoms with Crippen LogP contribution < -0.4 is 0 Å². The molecule has 1 aliphatic rings. The molecular formula is C9H16O3. The summed E-state index contributed by atoms with van der Waals surface area (Å²) in [6.07, 6.45) is 3.48. The van der Waals surface area contributed by atoms with E-state index in [0.29, 0.717) is 6.42 Å². The van der Waals surface area contributed by atoms with E-state index >= 15 is 0 Å². The van der Waals surface area contributed by atoms with E-state index in [2.05, 4.69) is 6.58 Å². The Kier molecular flexibility index (Phi) is 3.72. The molecule has 1 heterocycles. The number of hydrogen-bond donors (Lipinski definition) is 1. The molecule has 0 spiro atoms. The Labute approximate surface area is 73.0 Å². The summed E-state index contributed by atoms with van der Waals surface area (Å²) < 4.78 is 10.5. The van der Waals surface area contributed by atoms with Gasteiger partial charge in [0.15, 0.2) is 6.29 Å². The zero-order valence-corrected chi connectivity index (χ0v) is 7.40. The van der Waals surface area contributed by atoms with E-state index in [-0.39, 0.29) is 12.2 Å². The van der Waals surface area contributed by atoms with Gasteiger partial charge in [0.05, 0.1) is 12.2 Å². The highest BCUT2D eigenvalue weighted by molar-refractivity contribution is 4.82. The number of aliphatic hydroxyl groups is 1. The topological polar surface area (TPSA) is 38.7 Å². The SMILES string of the molecule is C=CCC1OC(O)CCC1OC. The number of ether oxygens (including phenoxy) is 2. The molecule has 0 amide bonds. The number of rotatable bonds is 3. The average Bonchev–Trinajstić information content (AvgIpc) is 2.05. The third-order valence-electron chi connectivity index (χ3n) is 2.15. The van der Waals surface area contributed by atoms with Gasteiger partial charge in [-0.05, 0) is 12.8 Å². The van der Waals surface area contributed by atoms with Crippen LogP contribution in [0.15, 0.2) is 12.7 Å². The molecule has 3 heteroatoms. The molecule has 0 bridgehead atoms. The largest absolute Gasteiger partial charge is 0.379 e. The van der Waals surface area contributed by atoms with E-state index in [9.17, 15) is 5.11 Å². The highest BCUT2D eigenvalue weighted by Crippen LogP contribution is 2.22. The van der Waals surface area contributed by atoms with Crippen LogP contribution in [-0.4, -0.2) is 30.7 Å². The first-order valence-corrected chi connectivity index (χ1v) is 4.25. The third kappa shape index (κ3) is 2.30. The van der Waals surface area contributed by atoms with Crippen molar-refractivity contribution in [3.8, 4) is 0 Å². The van der Waals surface area contributed by atoms with E-state index in [1.54, 1.807) is 13.2 Å². The molecule has 3 unspecified atom stereocenters. The van der Waals surface area contributed by atoms with E-state index in [0.717, 1.165) is 12.8 Å². The van der Waals surface area contributed by atoms with Crippen LogP contribution >= 0.6 is 0 Å². The molecule has 1 fully saturated rings. The van der Waals surface area contributed by atoms with Gasteiger partial charge >= 0.3 is 0 Å². The normalized spacial score (nSPS) is 36.3. The van der Waals surface area contributed by atoms with E-state index < -0.39 is 6.29 Å². The van der Waals surface area contributed by atoms with Crippen LogP contribution in [0.3, 0.4) is 0 Å². The van der Waals surface area contributed by atoms with Crippen LogP contribution in [0.5, 0.6) is 0 Å². The standard InChI is InChI=1S/C9H16O3/c1-3-4-8-7(11-2)5-6-9(10)12-8/h3,7-10H,1,4-6H2,2H3. The van der Waals surface area contributed by atoms with Crippen LogP contribution in [0.4, 0.5) is 0 Å². The molecule has 3 atom stereocenters. The first-order valence-electron chi connectivity index (χ1n) is 4.25. The maximum atomic E-state index is 9.21. The minimum absolute atomic E-state index is 0.0313. The lowest BCUT2D eigenvalue weighted by molar-refractivity contribution is -0.202. The lowest BCUT2D eigenvalue weighted by Crippen LogP contribution is -2.39. The Hall–Kier alpha value is -0.380. The monoisotopic (exact) mass is 172 g/mol. The van der Waals surface area contributed by atoms with E-state index in [1.807, 2.05) is 0 Å². The summed E-state index contributed by atoms with van der Waals surface area (Å²) in [4.78, 5) is 0. The molecule has 0 aliphatic carbocycles. The van der Waals surface area contributed by atoms with E-state index in [4.69, 9.17) is 9.47 Å². The Morgan fingerprint density at radius 2 is 2.42 bits per heavy atom. The number of methoxy groups -OCH3 is 1. The summed E-state index contributed by atoms with van der Waals surface area (Å²) >= 11 is 0. The van der Waals surface area contributed by atoms with Crippen molar-refractivity contribution in [2.24, 2.45) is 0 Å². The molecule has 0 aromatic carbocycles. The first kappa shape index (κ1) is 9.71. The minimum Gasteiger partial charge on any atom is -0.379 e. The Balaban J connectivity index is 2.45. The minimum atomic E-state index is -0.624. The molecule has 0 radical (unpaired) electrons. The number of aliphatic hydroxyl groups excluding tert-OH is 1. The molecule has 70 valence electrons. The Bertz CT molecular complexity index is 147. The van der Waals surface area contributed by atoms with Crippen molar-refractivity contribution in [2.45, 2.75) is 37.8 Å². The van der Waals surface area contributed by atoms with Crippen molar-refractivity contribution in [3.63, 3.8) is 0 Å². The highest BCUT2D eigenvalue weighted by atomic mass is 16.6. The van der Waals surface area contributed by atoms with Gasteiger partial charge < -0.3 is 14.6 Å². The lowest BCUT2D eigenvalue weighted by Gasteiger charge is -2.32. The fourth-order valence-corrected chi connectivity index (χ4v) is 1.49. The van der Waals surface area contributed by atoms with Crippen LogP contribution in [0.2, 0.25) is 0 Å². The van der Waals surface area contributed by atoms with Gasteiger partial charge in [0.1, 0.15) is 0 Å². The van der Waals surface area contributed by atoms with Crippen molar-refractivity contribution >= 4 is 0 Å². The predicted molar refractivity (Wildman–Crippen MR) is 45.7 cm³/mol. The number of hydrogen-bond acceptors (Lipinski definition) is 3. The Morgan fingerprint density at radius 1 is 1.67 bits per heavy atom. The highest BCUT2D eigenvalue weighted by Gasteiger charge is 2.28. The molecule has 3 nitrogen and oxygen atoms in total. The smallest absolute Gasteiger partial charge is 0.155 e. The second-order valence-electron chi connectivity index (χ2n) is 3.01. The van der Waals surface area contributed by atoms with Crippen LogP contribution in [0.1, 0.15) is 19.3 Å².